The van der Waals surface area contributed by atoms with Crippen LogP contribution < -0.4 is 4.90 Å². The van der Waals surface area contributed by atoms with Crippen molar-refractivity contribution in [2.75, 3.05) is 10.7 Å². The van der Waals surface area contributed by atoms with Gasteiger partial charge in [-0.25, -0.2) is 0 Å². The Bertz CT molecular complexity index is 618. The number of phenolic OH excluding ortho intramolecular Hbond substituents is 2. The molecule has 6 nitrogen and oxygen atoms in total. The number of thioether (sulfide) groups is 1. The molecule has 0 bridgehead atoms. The third-order valence-corrected chi connectivity index (χ3v) is 4.58. The summed E-state index contributed by atoms with van der Waals surface area (Å²) >= 11 is 2.63. The van der Waals surface area contributed by atoms with Gasteiger partial charge in [-0.15, -0.1) is 22.0 Å². The normalized spacial score (nSPS) is 19.1. The molecule has 1 aromatic heterocycles. The van der Waals surface area contributed by atoms with E-state index in [4.69, 9.17) is 0 Å². The number of phenols is 2. The number of aromatic nitrogens is 2. The van der Waals surface area contributed by atoms with E-state index in [1.54, 1.807) is 5.51 Å². The summed E-state index contributed by atoms with van der Waals surface area (Å²) in [5, 5.41) is 27.1. The molecule has 98 valence electrons. The summed E-state index contributed by atoms with van der Waals surface area (Å²) in [6.07, 6.45) is 0. The predicted molar refractivity (Wildman–Crippen MR) is 72.4 cm³/mol. The Labute approximate surface area is 116 Å². The summed E-state index contributed by atoms with van der Waals surface area (Å²) in [4.78, 5) is 13.4. The van der Waals surface area contributed by atoms with Gasteiger partial charge in [0.1, 0.15) is 22.4 Å². The molecule has 0 aliphatic carbocycles. The van der Waals surface area contributed by atoms with E-state index >= 15 is 0 Å². The molecule has 1 saturated heterocycles. The van der Waals surface area contributed by atoms with Crippen LogP contribution in [0.5, 0.6) is 11.5 Å². The molecule has 1 aromatic carbocycles. The zero-order valence-corrected chi connectivity index (χ0v) is 11.2. The lowest BCUT2D eigenvalue weighted by molar-refractivity contribution is -0.115. The van der Waals surface area contributed by atoms with Crippen LogP contribution >= 0.6 is 23.1 Å². The quantitative estimate of drug-likeness (QED) is 0.821. The molecule has 2 N–H and O–H groups in total. The van der Waals surface area contributed by atoms with E-state index in [9.17, 15) is 15.0 Å². The van der Waals surface area contributed by atoms with Crippen LogP contribution in [0.1, 0.15) is 10.9 Å². The van der Waals surface area contributed by atoms with Crippen molar-refractivity contribution in [2.45, 2.75) is 5.37 Å². The van der Waals surface area contributed by atoms with Crippen LogP contribution in [0.25, 0.3) is 0 Å². The van der Waals surface area contributed by atoms with Gasteiger partial charge in [0.15, 0.2) is 0 Å². The first kappa shape index (κ1) is 12.2. The number of hydrogen-bond acceptors (Lipinski definition) is 7. The van der Waals surface area contributed by atoms with Crippen molar-refractivity contribution in [1.29, 1.82) is 0 Å². The third-order valence-electron chi connectivity index (χ3n) is 2.70. The summed E-state index contributed by atoms with van der Waals surface area (Å²) < 4.78 is 0. The lowest BCUT2D eigenvalue weighted by atomic mass is 10.1. The number of aromatic hydroxyl groups is 2. The molecule has 1 aliphatic heterocycles. The van der Waals surface area contributed by atoms with E-state index in [2.05, 4.69) is 10.2 Å². The lowest BCUT2D eigenvalue weighted by Gasteiger charge is -2.21. The number of amides is 1. The van der Waals surface area contributed by atoms with E-state index in [1.807, 2.05) is 0 Å². The molecule has 1 amide bonds. The molecule has 0 saturated carbocycles. The van der Waals surface area contributed by atoms with Gasteiger partial charge >= 0.3 is 0 Å². The van der Waals surface area contributed by atoms with E-state index in [-0.39, 0.29) is 17.4 Å². The zero-order chi connectivity index (χ0) is 13.4. The number of hydrogen-bond donors (Lipinski definition) is 2. The van der Waals surface area contributed by atoms with Crippen LogP contribution in [0.15, 0.2) is 23.7 Å². The van der Waals surface area contributed by atoms with Crippen molar-refractivity contribution in [3.05, 3.63) is 29.3 Å². The van der Waals surface area contributed by atoms with Crippen LogP contribution in [-0.2, 0) is 4.79 Å². The SMILES string of the molecule is O=C1CS[C@@H](c2cc(O)ccc2O)N1c1nncs1. The molecule has 0 spiro atoms. The van der Waals surface area contributed by atoms with Crippen LogP contribution in [-0.4, -0.2) is 32.1 Å². The maximum Gasteiger partial charge on any atom is 0.240 e. The largest absolute Gasteiger partial charge is 0.508 e. The Balaban J connectivity index is 2.04. The molecule has 3 rings (SSSR count). The highest BCUT2D eigenvalue weighted by atomic mass is 32.2. The summed E-state index contributed by atoms with van der Waals surface area (Å²) in [5.74, 6) is 0.304. The third kappa shape index (κ3) is 2.13. The molecule has 1 aliphatic rings. The molecular weight excluding hydrogens is 286 g/mol. The number of anilines is 1. The minimum absolute atomic E-state index is 0.0412. The van der Waals surface area contributed by atoms with Crippen LogP contribution in [0.2, 0.25) is 0 Å². The van der Waals surface area contributed by atoms with Crippen molar-refractivity contribution in [2.24, 2.45) is 0 Å². The van der Waals surface area contributed by atoms with Gasteiger partial charge in [0.2, 0.25) is 11.0 Å². The predicted octanol–water partition coefficient (Wildman–Crippen LogP) is 1.73. The molecule has 0 unspecified atom stereocenters. The minimum Gasteiger partial charge on any atom is -0.508 e. The molecule has 2 aromatic rings. The Kier molecular flexibility index (Phi) is 3.03. The molecule has 1 atom stereocenters. The standard InChI is InChI=1S/C11H9N3O3S2/c15-6-1-2-8(16)7(3-6)10-14(9(17)4-18-10)11-13-12-5-19-11/h1-3,5,10,15-16H,4H2/t10-/m0/s1. The van der Waals surface area contributed by atoms with Crippen molar-refractivity contribution >= 4 is 34.1 Å². The highest BCUT2D eigenvalue weighted by Gasteiger charge is 2.37. The summed E-state index contributed by atoms with van der Waals surface area (Å²) in [6, 6.07) is 4.27. The topological polar surface area (TPSA) is 86.5 Å². The zero-order valence-electron chi connectivity index (χ0n) is 9.55. The fourth-order valence-electron chi connectivity index (χ4n) is 1.87. The fraction of sp³-hybridized carbons (Fsp3) is 0.182. The highest BCUT2D eigenvalue weighted by Crippen LogP contribution is 2.45. The summed E-state index contributed by atoms with van der Waals surface area (Å²) in [5.41, 5.74) is 2.04. The first-order chi connectivity index (χ1) is 9.16. The average Bonchev–Trinajstić information content (AvgIpc) is 3.01. The molecule has 1 fully saturated rings. The van der Waals surface area contributed by atoms with E-state index < -0.39 is 5.37 Å². The monoisotopic (exact) mass is 295 g/mol. The Morgan fingerprint density at radius 1 is 1.37 bits per heavy atom. The van der Waals surface area contributed by atoms with Gasteiger partial charge in [-0.2, -0.15) is 0 Å². The van der Waals surface area contributed by atoms with E-state index in [1.165, 1.54) is 46.2 Å². The second-order valence-corrected chi connectivity index (χ2v) is 5.77. The number of nitrogens with zero attached hydrogens (tertiary/aromatic N) is 3. The Hall–Kier alpha value is -1.80. The van der Waals surface area contributed by atoms with Crippen molar-refractivity contribution in [1.82, 2.24) is 10.2 Å². The number of carbonyl (C=O) groups excluding carboxylic acids is 1. The first-order valence-electron chi connectivity index (χ1n) is 5.38. The molecule has 2 heterocycles. The van der Waals surface area contributed by atoms with Crippen LogP contribution in [0, 0.1) is 0 Å². The van der Waals surface area contributed by atoms with Crippen molar-refractivity contribution in [3.8, 4) is 11.5 Å². The van der Waals surface area contributed by atoms with Crippen molar-refractivity contribution in [3.63, 3.8) is 0 Å². The first-order valence-corrected chi connectivity index (χ1v) is 7.31. The smallest absolute Gasteiger partial charge is 0.240 e. The summed E-state index contributed by atoms with van der Waals surface area (Å²) in [6.45, 7) is 0. The summed E-state index contributed by atoms with van der Waals surface area (Å²) in [7, 11) is 0. The average molecular weight is 295 g/mol. The maximum absolute atomic E-state index is 12.0. The number of rotatable bonds is 2. The molecule has 19 heavy (non-hydrogen) atoms. The minimum atomic E-state index is -0.396. The maximum atomic E-state index is 12.0. The Morgan fingerprint density at radius 2 is 2.21 bits per heavy atom. The van der Waals surface area contributed by atoms with Gasteiger partial charge in [0.05, 0.1) is 5.75 Å². The highest BCUT2D eigenvalue weighted by molar-refractivity contribution is 8.00. The van der Waals surface area contributed by atoms with Gasteiger partial charge < -0.3 is 10.2 Å². The second-order valence-electron chi connectivity index (χ2n) is 3.89. The van der Waals surface area contributed by atoms with Gasteiger partial charge in [-0.1, -0.05) is 11.3 Å². The van der Waals surface area contributed by atoms with Gasteiger partial charge in [-0.3, -0.25) is 9.69 Å². The second kappa shape index (κ2) is 4.71. The molecule has 8 heteroatoms. The van der Waals surface area contributed by atoms with Gasteiger partial charge in [0, 0.05) is 5.56 Å². The number of carbonyl (C=O) groups is 1. The fourth-order valence-corrected chi connectivity index (χ4v) is 3.72. The van der Waals surface area contributed by atoms with E-state index in [0.29, 0.717) is 16.4 Å². The number of benzene rings is 1. The van der Waals surface area contributed by atoms with E-state index in [0.717, 1.165) is 0 Å². The van der Waals surface area contributed by atoms with Crippen LogP contribution in [0.3, 0.4) is 0 Å². The van der Waals surface area contributed by atoms with Gasteiger partial charge in [0.25, 0.3) is 0 Å². The molecular formula is C11H9N3O3S2. The van der Waals surface area contributed by atoms with Crippen molar-refractivity contribution < 1.29 is 15.0 Å². The van der Waals surface area contributed by atoms with Crippen LogP contribution in [0.4, 0.5) is 5.13 Å². The molecule has 0 radical (unpaired) electrons. The Morgan fingerprint density at radius 3 is 2.95 bits per heavy atom. The van der Waals surface area contributed by atoms with Gasteiger partial charge in [-0.05, 0) is 18.2 Å². The lowest BCUT2D eigenvalue weighted by Crippen LogP contribution is -2.27.